The molecule has 0 aliphatic heterocycles. The molecule has 0 amide bonds. The van der Waals surface area contributed by atoms with Crippen LogP contribution in [0.25, 0.3) is 0 Å². The molecule has 18 heavy (non-hydrogen) atoms. The van der Waals surface area contributed by atoms with Gasteiger partial charge in [0.2, 0.25) is 0 Å². The summed E-state index contributed by atoms with van der Waals surface area (Å²) in [5.74, 6) is 0. The maximum atomic E-state index is 3.72. The van der Waals surface area contributed by atoms with E-state index in [1.54, 1.807) is 0 Å². The molecule has 2 rings (SSSR count). The van der Waals surface area contributed by atoms with E-state index in [-0.39, 0.29) is 21.7 Å². The minimum absolute atomic E-state index is 0. The average Bonchev–Trinajstić information content (AvgIpc) is 2.33. The molecule has 0 atom stereocenters. The molecule has 0 aliphatic rings. The van der Waals surface area contributed by atoms with Crippen molar-refractivity contribution in [2.24, 2.45) is 0 Å². The molecule has 94 valence electrons. The van der Waals surface area contributed by atoms with E-state index >= 15 is 0 Å². The van der Waals surface area contributed by atoms with E-state index in [2.05, 4.69) is 26.9 Å². The molecule has 0 spiro atoms. The molecule has 0 saturated heterocycles. The van der Waals surface area contributed by atoms with Crippen LogP contribution in [0, 0.1) is 13.8 Å². The molecule has 0 radical (unpaired) electrons. The first-order valence-electron chi connectivity index (χ1n) is 5.94. The summed E-state index contributed by atoms with van der Waals surface area (Å²) in [7, 11) is 0.417. The van der Waals surface area contributed by atoms with Gasteiger partial charge in [-0.25, -0.2) is 0 Å². The van der Waals surface area contributed by atoms with Gasteiger partial charge in [-0.1, -0.05) is 25.2 Å². The standard InChI is InChI=1S/2C7H7.C2H8Si.Ti/c2*1-7-5-3-2-4-6-7;1-3-2;/h2*2-6H,1H2;3H2,1-2H3;/q2*-1;;+2. The van der Waals surface area contributed by atoms with Gasteiger partial charge in [-0.05, 0) is 0 Å². The summed E-state index contributed by atoms with van der Waals surface area (Å²) >= 11 is 0. The summed E-state index contributed by atoms with van der Waals surface area (Å²) in [5.41, 5.74) is 2.14. The monoisotopic (exact) mass is 290 g/mol. The Hall–Kier alpha value is -0.889. The minimum Gasteiger partial charge on any atom is -0.199 e. The van der Waals surface area contributed by atoms with Crippen molar-refractivity contribution < 1.29 is 21.7 Å². The van der Waals surface area contributed by atoms with Crippen molar-refractivity contribution in [3.05, 3.63) is 85.6 Å². The third-order valence-corrected chi connectivity index (χ3v) is 1.69. The zero-order valence-corrected chi connectivity index (χ0v) is 14.4. The Bertz CT molecular complexity index is 322. The van der Waals surface area contributed by atoms with Crippen LogP contribution in [0.4, 0.5) is 0 Å². The Morgan fingerprint density at radius 2 is 0.889 bits per heavy atom. The zero-order chi connectivity index (χ0) is 12.9. The molecule has 0 aromatic heterocycles. The van der Waals surface area contributed by atoms with Crippen LogP contribution in [0.15, 0.2) is 60.7 Å². The van der Waals surface area contributed by atoms with E-state index in [1.807, 2.05) is 60.7 Å². The Kier molecular flexibility index (Phi) is 15.3. The van der Waals surface area contributed by atoms with Gasteiger partial charge in [0, 0.05) is 9.52 Å². The summed E-state index contributed by atoms with van der Waals surface area (Å²) in [6, 6.07) is 19.7. The Morgan fingerprint density at radius 3 is 1.00 bits per heavy atom. The van der Waals surface area contributed by atoms with Gasteiger partial charge in [0.05, 0.1) is 0 Å². The topological polar surface area (TPSA) is 0 Å². The molecular formula is C16H22SiTi. The summed E-state index contributed by atoms with van der Waals surface area (Å²) in [6.45, 7) is 12.0. The van der Waals surface area contributed by atoms with E-state index < -0.39 is 0 Å². The summed E-state index contributed by atoms with van der Waals surface area (Å²) < 4.78 is 0. The fourth-order valence-corrected chi connectivity index (χ4v) is 0.956. The second-order valence-corrected chi connectivity index (χ2v) is 5.09. The number of rotatable bonds is 0. The maximum absolute atomic E-state index is 3.72. The molecule has 0 fully saturated rings. The van der Waals surface area contributed by atoms with Crippen molar-refractivity contribution in [1.29, 1.82) is 0 Å². The van der Waals surface area contributed by atoms with Crippen LogP contribution in [-0.2, 0) is 21.7 Å². The zero-order valence-electron chi connectivity index (χ0n) is 11.4. The molecule has 0 saturated carbocycles. The second-order valence-electron chi connectivity index (χ2n) is 3.68. The molecule has 0 aliphatic carbocycles. The third-order valence-electron chi connectivity index (χ3n) is 1.69. The summed E-state index contributed by atoms with van der Waals surface area (Å²) in [6.07, 6.45) is 0. The average molecular weight is 290 g/mol. The van der Waals surface area contributed by atoms with Gasteiger partial charge in [-0.3, -0.25) is 0 Å². The van der Waals surface area contributed by atoms with Crippen LogP contribution in [0.3, 0.4) is 0 Å². The van der Waals surface area contributed by atoms with E-state index in [1.165, 1.54) is 0 Å². The first-order chi connectivity index (χ1) is 8.20. The second kappa shape index (κ2) is 14.2. The number of hydrogen-bond donors (Lipinski definition) is 0. The first-order valence-corrected chi connectivity index (χ1v) is 8.77. The first kappa shape index (κ1) is 19.5. The van der Waals surface area contributed by atoms with Gasteiger partial charge >= 0.3 is 21.7 Å². The van der Waals surface area contributed by atoms with Gasteiger partial charge in [0.15, 0.2) is 0 Å². The van der Waals surface area contributed by atoms with Crippen molar-refractivity contribution in [3.63, 3.8) is 0 Å². The Labute approximate surface area is 130 Å². The molecule has 0 bridgehead atoms. The van der Waals surface area contributed by atoms with Crippen molar-refractivity contribution in [3.8, 4) is 0 Å². The van der Waals surface area contributed by atoms with Crippen LogP contribution in [-0.4, -0.2) is 9.52 Å². The molecule has 2 heteroatoms. The molecule has 0 heterocycles. The van der Waals surface area contributed by atoms with Crippen LogP contribution in [0.2, 0.25) is 13.1 Å². The van der Waals surface area contributed by atoms with Gasteiger partial charge in [-0.15, -0.1) is 24.3 Å². The fourth-order valence-electron chi connectivity index (χ4n) is 0.956. The van der Waals surface area contributed by atoms with Crippen molar-refractivity contribution in [2.75, 3.05) is 0 Å². The quantitative estimate of drug-likeness (QED) is 0.508. The van der Waals surface area contributed by atoms with Gasteiger partial charge in [0.1, 0.15) is 0 Å². The molecular weight excluding hydrogens is 268 g/mol. The maximum Gasteiger partial charge on any atom is 2.00 e. The van der Waals surface area contributed by atoms with Crippen LogP contribution in [0.5, 0.6) is 0 Å². The SMILES string of the molecule is C[SiH2]C.[CH2-]c1ccccc1.[CH2-]c1ccccc1.[Ti+2]. The van der Waals surface area contributed by atoms with E-state index in [0.717, 1.165) is 11.1 Å². The van der Waals surface area contributed by atoms with Crippen LogP contribution >= 0.6 is 0 Å². The van der Waals surface area contributed by atoms with Crippen molar-refractivity contribution >= 4 is 9.52 Å². The third kappa shape index (κ3) is 13.2. The molecule has 2 aromatic carbocycles. The van der Waals surface area contributed by atoms with Crippen molar-refractivity contribution in [1.82, 2.24) is 0 Å². The van der Waals surface area contributed by atoms with Gasteiger partial charge in [0.25, 0.3) is 0 Å². The smallest absolute Gasteiger partial charge is 0.199 e. The van der Waals surface area contributed by atoms with Gasteiger partial charge in [-0.2, -0.15) is 49.2 Å². The Morgan fingerprint density at radius 1 is 0.667 bits per heavy atom. The normalized spacial score (nSPS) is 7.67. The van der Waals surface area contributed by atoms with Crippen molar-refractivity contribution in [2.45, 2.75) is 13.1 Å². The largest absolute Gasteiger partial charge is 2.00 e. The van der Waals surface area contributed by atoms with E-state index in [9.17, 15) is 0 Å². The van der Waals surface area contributed by atoms with Gasteiger partial charge < -0.3 is 0 Å². The number of hydrogen-bond acceptors (Lipinski definition) is 0. The fraction of sp³-hybridized carbons (Fsp3) is 0.125. The van der Waals surface area contributed by atoms with E-state index in [0.29, 0.717) is 9.52 Å². The molecule has 0 unspecified atom stereocenters. The Balaban J connectivity index is 0. The molecule has 0 N–H and O–H groups in total. The predicted octanol–water partition coefficient (Wildman–Crippen LogP) is 3.99. The van der Waals surface area contributed by atoms with Crippen LogP contribution < -0.4 is 0 Å². The predicted molar refractivity (Wildman–Crippen MR) is 82.1 cm³/mol. The van der Waals surface area contributed by atoms with E-state index in [4.69, 9.17) is 0 Å². The summed E-state index contributed by atoms with van der Waals surface area (Å²) in [4.78, 5) is 0. The molecule has 2 aromatic rings. The molecule has 0 nitrogen and oxygen atoms in total. The van der Waals surface area contributed by atoms with Crippen LogP contribution in [0.1, 0.15) is 11.1 Å². The number of benzene rings is 2. The minimum atomic E-state index is 0. The summed E-state index contributed by atoms with van der Waals surface area (Å²) in [5, 5.41) is 0.